The Balaban J connectivity index is 2.29. The van der Waals surface area contributed by atoms with Crippen molar-refractivity contribution in [2.45, 2.75) is 12.5 Å². The van der Waals surface area contributed by atoms with Gasteiger partial charge in [0.25, 0.3) is 0 Å². The molecule has 2 aromatic rings. The van der Waals surface area contributed by atoms with Crippen molar-refractivity contribution >= 4 is 27.5 Å². The van der Waals surface area contributed by atoms with Crippen LogP contribution in [0.25, 0.3) is 0 Å². The second-order valence-electron chi connectivity index (χ2n) is 4.06. The first-order chi connectivity index (χ1) is 9.11. The van der Waals surface area contributed by atoms with Gasteiger partial charge in [-0.15, -0.1) is 0 Å². The number of nitrogens with zero attached hydrogens (tertiary/aromatic N) is 1. The molecule has 3 N–H and O–H groups in total. The quantitative estimate of drug-likeness (QED) is 0.660. The highest BCUT2D eigenvalue weighted by atomic mass is 79.9. The molecule has 1 unspecified atom stereocenters. The fourth-order valence-electron chi connectivity index (χ4n) is 1.82. The van der Waals surface area contributed by atoms with E-state index in [1.807, 2.05) is 6.07 Å². The molecule has 6 heteroatoms. The van der Waals surface area contributed by atoms with E-state index in [4.69, 9.17) is 17.4 Å². The molecular weight excluding hydrogens is 333 g/mol. The predicted octanol–water partition coefficient (Wildman–Crippen LogP) is 3.38. The summed E-state index contributed by atoms with van der Waals surface area (Å²) in [6.07, 6.45) is 3.71. The van der Waals surface area contributed by atoms with Crippen LogP contribution in [0, 0.1) is 5.82 Å². The molecule has 1 atom stereocenters. The van der Waals surface area contributed by atoms with E-state index in [0.29, 0.717) is 17.0 Å². The average molecular weight is 345 g/mol. The number of hydrazine groups is 1. The van der Waals surface area contributed by atoms with Crippen LogP contribution in [0.4, 0.5) is 4.39 Å². The normalized spacial score (nSPS) is 12.4. The molecule has 1 heterocycles. The average Bonchev–Trinajstić information content (AvgIpc) is 2.38. The summed E-state index contributed by atoms with van der Waals surface area (Å²) in [5, 5.41) is 0.392. The number of rotatable bonds is 4. The Hall–Kier alpha value is -1.01. The second-order valence-corrected chi connectivity index (χ2v) is 5.38. The molecule has 0 bridgehead atoms. The first-order valence-corrected chi connectivity index (χ1v) is 6.78. The Morgan fingerprint density at radius 1 is 1.42 bits per heavy atom. The summed E-state index contributed by atoms with van der Waals surface area (Å²) in [5.41, 5.74) is 3.96. The van der Waals surface area contributed by atoms with Crippen LogP contribution in [0.1, 0.15) is 17.2 Å². The van der Waals surface area contributed by atoms with Crippen molar-refractivity contribution in [3.05, 3.63) is 63.1 Å². The minimum absolute atomic E-state index is 0.264. The van der Waals surface area contributed by atoms with Gasteiger partial charge in [-0.25, -0.2) is 4.39 Å². The summed E-state index contributed by atoms with van der Waals surface area (Å²) in [4.78, 5) is 4.07. The van der Waals surface area contributed by atoms with E-state index < -0.39 is 0 Å². The fraction of sp³-hybridized carbons (Fsp3) is 0.154. The van der Waals surface area contributed by atoms with Crippen molar-refractivity contribution < 1.29 is 4.39 Å². The zero-order chi connectivity index (χ0) is 13.8. The minimum Gasteiger partial charge on any atom is -0.271 e. The lowest BCUT2D eigenvalue weighted by atomic mass is 10.0. The maximum atomic E-state index is 13.8. The number of pyridine rings is 1. The molecule has 0 aliphatic carbocycles. The van der Waals surface area contributed by atoms with Gasteiger partial charge in [0.1, 0.15) is 5.82 Å². The smallest absolute Gasteiger partial charge is 0.127 e. The standard InChI is InChI=1S/C13H12BrClFN3/c14-9-4-8(6-18-7-9)13(19-17)5-10-11(15)2-1-3-12(10)16/h1-4,6-7,13,19H,5,17H2. The monoisotopic (exact) mass is 343 g/mol. The number of nitrogens with two attached hydrogens (primary N) is 1. The lowest BCUT2D eigenvalue weighted by Crippen LogP contribution is -2.30. The van der Waals surface area contributed by atoms with Crippen LogP contribution in [-0.2, 0) is 6.42 Å². The largest absolute Gasteiger partial charge is 0.271 e. The number of hydrogen-bond acceptors (Lipinski definition) is 3. The third kappa shape index (κ3) is 3.51. The van der Waals surface area contributed by atoms with E-state index in [1.165, 1.54) is 6.07 Å². The van der Waals surface area contributed by atoms with E-state index in [0.717, 1.165) is 10.0 Å². The van der Waals surface area contributed by atoms with E-state index in [1.54, 1.807) is 24.5 Å². The third-order valence-corrected chi connectivity index (χ3v) is 3.59. The molecule has 0 aliphatic rings. The van der Waals surface area contributed by atoms with Crippen LogP contribution in [0.3, 0.4) is 0 Å². The van der Waals surface area contributed by atoms with Crippen molar-refractivity contribution in [3.8, 4) is 0 Å². The molecule has 19 heavy (non-hydrogen) atoms. The zero-order valence-corrected chi connectivity index (χ0v) is 12.2. The maximum absolute atomic E-state index is 13.8. The van der Waals surface area contributed by atoms with Crippen LogP contribution in [0.15, 0.2) is 41.1 Å². The van der Waals surface area contributed by atoms with Gasteiger partial charge in [-0.1, -0.05) is 17.7 Å². The Morgan fingerprint density at radius 2 is 2.21 bits per heavy atom. The Kier molecular flexibility index (Phi) is 4.87. The third-order valence-electron chi connectivity index (χ3n) is 2.80. The van der Waals surface area contributed by atoms with Crippen molar-refractivity contribution in [1.82, 2.24) is 10.4 Å². The van der Waals surface area contributed by atoms with Crippen LogP contribution >= 0.6 is 27.5 Å². The lowest BCUT2D eigenvalue weighted by Gasteiger charge is -2.17. The highest BCUT2D eigenvalue weighted by molar-refractivity contribution is 9.10. The Labute approximate surface area is 124 Å². The first-order valence-electron chi connectivity index (χ1n) is 5.61. The highest BCUT2D eigenvalue weighted by Gasteiger charge is 2.16. The zero-order valence-electron chi connectivity index (χ0n) is 9.91. The number of hydrogen-bond donors (Lipinski definition) is 2. The van der Waals surface area contributed by atoms with Crippen molar-refractivity contribution in [2.24, 2.45) is 5.84 Å². The van der Waals surface area contributed by atoms with E-state index in [9.17, 15) is 4.39 Å². The van der Waals surface area contributed by atoms with Crippen molar-refractivity contribution in [2.75, 3.05) is 0 Å². The molecule has 0 saturated carbocycles. The van der Waals surface area contributed by atoms with Crippen LogP contribution in [0.2, 0.25) is 5.02 Å². The van der Waals surface area contributed by atoms with E-state index >= 15 is 0 Å². The molecule has 100 valence electrons. The number of benzene rings is 1. The molecule has 0 radical (unpaired) electrons. The number of aromatic nitrogens is 1. The van der Waals surface area contributed by atoms with Gasteiger partial charge in [-0.3, -0.25) is 16.3 Å². The van der Waals surface area contributed by atoms with Gasteiger partial charge in [0.15, 0.2) is 0 Å². The SMILES string of the molecule is NNC(Cc1c(F)cccc1Cl)c1cncc(Br)c1. The van der Waals surface area contributed by atoms with Crippen LogP contribution < -0.4 is 11.3 Å². The Bertz CT molecular complexity index is 559. The molecular formula is C13H12BrClFN3. The van der Waals surface area contributed by atoms with Gasteiger partial charge in [0.2, 0.25) is 0 Å². The van der Waals surface area contributed by atoms with Crippen LogP contribution in [0.5, 0.6) is 0 Å². The predicted molar refractivity (Wildman–Crippen MR) is 77.1 cm³/mol. The molecule has 2 rings (SSSR count). The molecule has 1 aromatic heterocycles. The summed E-state index contributed by atoms with van der Waals surface area (Å²) >= 11 is 9.36. The molecule has 3 nitrogen and oxygen atoms in total. The molecule has 1 aromatic carbocycles. The maximum Gasteiger partial charge on any atom is 0.127 e. The van der Waals surface area contributed by atoms with Gasteiger partial charge in [0, 0.05) is 27.5 Å². The summed E-state index contributed by atoms with van der Waals surface area (Å²) in [5.74, 6) is 5.21. The number of nitrogens with one attached hydrogen (secondary N) is 1. The van der Waals surface area contributed by atoms with Crippen molar-refractivity contribution in [1.29, 1.82) is 0 Å². The summed E-state index contributed by atoms with van der Waals surface area (Å²) < 4.78 is 14.6. The van der Waals surface area contributed by atoms with E-state index in [-0.39, 0.29) is 11.9 Å². The minimum atomic E-state index is -0.337. The molecule has 0 spiro atoms. The summed E-state index contributed by atoms with van der Waals surface area (Å²) in [6.45, 7) is 0. The van der Waals surface area contributed by atoms with Gasteiger partial charge < -0.3 is 0 Å². The molecule has 0 amide bonds. The van der Waals surface area contributed by atoms with Crippen molar-refractivity contribution in [3.63, 3.8) is 0 Å². The molecule has 0 saturated heterocycles. The topological polar surface area (TPSA) is 50.9 Å². The molecule has 0 fully saturated rings. The van der Waals surface area contributed by atoms with Crippen LogP contribution in [-0.4, -0.2) is 4.98 Å². The Morgan fingerprint density at radius 3 is 2.84 bits per heavy atom. The van der Waals surface area contributed by atoms with Gasteiger partial charge in [-0.05, 0) is 46.1 Å². The highest BCUT2D eigenvalue weighted by Crippen LogP contribution is 2.26. The fourth-order valence-corrected chi connectivity index (χ4v) is 2.45. The molecule has 0 aliphatic heterocycles. The van der Waals surface area contributed by atoms with E-state index in [2.05, 4.69) is 26.3 Å². The first kappa shape index (κ1) is 14.4. The number of halogens is 3. The van der Waals surface area contributed by atoms with Gasteiger partial charge >= 0.3 is 0 Å². The summed E-state index contributed by atoms with van der Waals surface area (Å²) in [6, 6.07) is 6.24. The summed E-state index contributed by atoms with van der Waals surface area (Å²) in [7, 11) is 0. The van der Waals surface area contributed by atoms with Gasteiger partial charge in [-0.2, -0.15) is 0 Å². The van der Waals surface area contributed by atoms with Gasteiger partial charge in [0.05, 0.1) is 6.04 Å². The lowest BCUT2D eigenvalue weighted by molar-refractivity contribution is 0.528. The second kappa shape index (κ2) is 6.43.